The van der Waals surface area contributed by atoms with Crippen LogP contribution in [0.15, 0.2) is 30.6 Å². The molecule has 0 atom stereocenters. The van der Waals surface area contributed by atoms with Crippen LogP contribution in [-0.2, 0) is 0 Å². The summed E-state index contributed by atoms with van der Waals surface area (Å²) in [6, 6.07) is 3.66. The molecule has 0 aliphatic heterocycles. The lowest BCUT2D eigenvalue weighted by atomic mass is 10.2. The Morgan fingerprint density at radius 3 is 2.65 bits per heavy atom. The van der Waals surface area contributed by atoms with E-state index in [0.717, 1.165) is 6.07 Å². The van der Waals surface area contributed by atoms with Gasteiger partial charge in [-0.2, -0.15) is 0 Å². The monoisotopic (exact) mass is 293 g/mol. The highest BCUT2D eigenvalue weighted by Crippen LogP contribution is 2.21. The number of aromatic nitrogens is 2. The standard InChI is InChI=1S/C12H8ClN3O4/c13-10-5-14-4-8(16-10)11(18)15-6-1-2-9(17)7(3-6)12(19)20/h1-5,17H,(H,15,18)(H,19,20). The normalized spacial score (nSPS) is 10.1. The van der Waals surface area contributed by atoms with Gasteiger partial charge in [-0.05, 0) is 18.2 Å². The van der Waals surface area contributed by atoms with E-state index in [1.54, 1.807) is 0 Å². The molecule has 0 radical (unpaired) electrons. The third kappa shape index (κ3) is 3.01. The van der Waals surface area contributed by atoms with Crippen LogP contribution in [0.5, 0.6) is 5.75 Å². The van der Waals surface area contributed by atoms with Crippen molar-refractivity contribution < 1.29 is 19.8 Å². The Morgan fingerprint density at radius 1 is 1.25 bits per heavy atom. The Kier molecular flexibility index (Phi) is 3.81. The third-order valence-corrected chi connectivity index (χ3v) is 2.50. The number of aromatic hydroxyl groups is 1. The summed E-state index contributed by atoms with van der Waals surface area (Å²) < 4.78 is 0. The summed E-state index contributed by atoms with van der Waals surface area (Å²) in [5.41, 5.74) is -0.130. The van der Waals surface area contributed by atoms with Crippen molar-refractivity contribution in [2.24, 2.45) is 0 Å². The van der Waals surface area contributed by atoms with E-state index in [9.17, 15) is 14.7 Å². The molecule has 20 heavy (non-hydrogen) atoms. The van der Waals surface area contributed by atoms with Crippen LogP contribution in [0.4, 0.5) is 5.69 Å². The molecule has 7 nitrogen and oxygen atoms in total. The summed E-state index contributed by atoms with van der Waals surface area (Å²) in [5.74, 6) is -2.29. The predicted molar refractivity (Wildman–Crippen MR) is 70.1 cm³/mol. The van der Waals surface area contributed by atoms with E-state index in [0.29, 0.717) is 0 Å². The molecule has 0 aliphatic carbocycles. The van der Waals surface area contributed by atoms with Gasteiger partial charge in [0.25, 0.3) is 5.91 Å². The molecule has 2 rings (SSSR count). The highest BCUT2D eigenvalue weighted by molar-refractivity contribution is 6.29. The van der Waals surface area contributed by atoms with Gasteiger partial charge in [0.15, 0.2) is 0 Å². The first kappa shape index (κ1) is 13.8. The van der Waals surface area contributed by atoms with Crippen molar-refractivity contribution in [3.05, 3.63) is 47.0 Å². The van der Waals surface area contributed by atoms with E-state index < -0.39 is 17.6 Å². The maximum absolute atomic E-state index is 11.9. The van der Waals surface area contributed by atoms with E-state index in [2.05, 4.69) is 15.3 Å². The SMILES string of the molecule is O=C(Nc1ccc(O)c(C(=O)O)c1)c1cncc(Cl)n1. The highest BCUT2D eigenvalue weighted by Gasteiger charge is 2.13. The van der Waals surface area contributed by atoms with Gasteiger partial charge < -0.3 is 15.5 Å². The number of benzene rings is 1. The van der Waals surface area contributed by atoms with Crippen molar-refractivity contribution in [3.8, 4) is 5.75 Å². The predicted octanol–water partition coefficient (Wildman–Crippen LogP) is 1.79. The van der Waals surface area contributed by atoms with Gasteiger partial charge in [-0.15, -0.1) is 0 Å². The van der Waals surface area contributed by atoms with Gasteiger partial charge in [0, 0.05) is 5.69 Å². The van der Waals surface area contributed by atoms with Crippen LogP contribution < -0.4 is 5.32 Å². The Bertz CT molecular complexity index is 690. The molecular formula is C12H8ClN3O4. The van der Waals surface area contributed by atoms with Crippen molar-refractivity contribution in [1.29, 1.82) is 0 Å². The first-order valence-electron chi connectivity index (χ1n) is 5.32. The number of phenols is 1. The minimum atomic E-state index is -1.30. The molecule has 0 aliphatic rings. The lowest BCUT2D eigenvalue weighted by molar-refractivity contribution is 0.0693. The number of rotatable bonds is 3. The number of carbonyl (C=O) groups is 2. The summed E-state index contributed by atoms with van der Waals surface area (Å²) in [7, 11) is 0. The zero-order valence-corrected chi connectivity index (χ0v) is 10.6. The Balaban J connectivity index is 2.24. The summed E-state index contributed by atoms with van der Waals surface area (Å²) in [6.45, 7) is 0. The quantitative estimate of drug-likeness (QED) is 0.744. The van der Waals surface area contributed by atoms with Gasteiger partial charge in [-0.3, -0.25) is 9.78 Å². The molecule has 1 aromatic heterocycles. The van der Waals surface area contributed by atoms with Crippen LogP contribution >= 0.6 is 11.6 Å². The smallest absolute Gasteiger partial charge is 0.339 e. The second-order valence-electron chi connectivity index (χ2n) is 3.72. The van der Waals surface area contributed by atoms with Crippen LogP contribution in [0.1, 0.15) is 20.8 Å². The van der Waals surface area contributed by atoms with Gasteiger partial charge in [0.05, 0.1) is 12.4 Å². The molecule has 1 heterocycles. The lowest BCUT2D eigenvalue weighted by Gasteiger charge is -2.06. The topological polar surface area (TPSA) is 112 Å². The van der Waals surface area contributed by atoms with Gasteiger partial charge in [-0.25, -0.2) is 9.78 Å². The first-order valence-corrected chi connectivity index (χ1v) is 5.70. The average molecular weight is 294 g/mol. The Morgan fingerprint density at radius 2 is 2.00 bits per heavy atom. The number of carboxylic acids is 1. The number of amides is 1. The number of nitrogens with one attached hydrogen (secondary N) is 1. The molecule has 2 aromatic rings. The number of hydrogen-bond donors (Lipinski definition) is 3. The zero-order chi connectivity index (χ0) is 14.7. The fourth-order valence-electron chi connectivity index (χ4n) is 1.43. The molecule has 0 fully saturated rings. The Hall–Kier alpha value is -2.67. The molecule has 0 saturated heterocycles. The average Bonchev–Trinajstić information content (AvgIpc) is 2.40. The summed E-state index contributed by atoms with van der Waals surface area (Å²) in [4.78, 5) is 30.2. The molecule has 0 spiro atoms. The van der Waals surface area contributed by atoms with Crippen LogP contribution in [0.25, 0.3) is 0 Å². The van der Waals surface area contributed by atoms with Gasteiger partial charge in [0.2, 0.25) is 0 Å². The number of halogens is 1. The molecule has 1 aromatic carbocycles. The largest absolute Gasteiger partial charge is 0.507 e. The third-order valence-electron chi connectivity index (χ3n) is 2.32. The number of nitrogens with zero attached hydrogens (tertiary/aromatic N) is 2. The van der Waals surface area contributed by atoms with E-state index in [4.69, 9.17) is 16.7 Å². The number of anilines is 1. The van der Waals surface area contributed by atoms with E-state index in [1.807, 2.05) is 0 Å². The van der Waals surface area contributed by atoms with E-state index >= 15 is 0 Å². The molecule has 0 unspecified atom stereocenters. The Labute approximate surface area is 117 Å². The zero-order valence-electron chi connectivity index (χ0n) is 9.87. The fraction of sp³-hybridized carbons (Fsp3) is 0. The number of hydrogen-bond acceptors (Lipinski definition) is 5. The van der Waals surface area contributed by atoms with Crippen molar-refractivity contribution >= 4 is 29.2 Å². The maximum atomic E-state index is 11.9. The second kappa shape index (κ2) is 5.54. The van der Waals surface area contributed by atoms with Gasteiger partial charge in [-0.1, -0.05) is 11.6 Å². The molecule has 102 valence electrons. The molecule has 0 bridgehead atoms. The van der Waals surface area contributed by atoms with Gasteiger partial charge in [0.1, 0.15) is 22.2 Å². The molecule has 3 N–H and O–H groups in total. The molecule has 0 saturated carbocycles. The number of aromatic carboxylic acids is 1. The molecule has 1 amide bonds. The van der Waals surface area contributed by atoms with Crippen molar-refractivity contribution in [2.75, 3.05) is 5.32 Å². The van der Waals surface area contributed by atoms with Crippen LogP contribution in [0.2, 0.25) is 5.15 Å². The first-order chi connectivity index (χ1) is 9.47. The second-order valence-corrected chi connectivity index (χ2v) is 4.11. The summed E-state index contributed by atoms with van der Waals surface area (Å²) >= 11 is 5.62. The number of carboxylic acid groups (broad SMARTS) is 1. The fourth-order valence-corrected chi connectivity index (χ4v) is 1.58. The minimum Gasteiger partial charge on any atom is -0.507 e. The highest BCUT2D eigenvalue weighted by atomic mass is 35.5. The van der Waals surface area contributed by atoms with Crippen molar-refractivity contribution in [1.82, 2.24) is 9.97 Å². The minimum absolute atomic E-state index is 0.0116. The maximum Gasteiger partial charge on any atom is 0.339 e. The van der Waals surface area contributed by atoms with Crippen LogP contribution in [0.3, 0.4) is 0 Å². The summed E-state index contributed by atoms with van der Waals surface area (Å²) in [6.07, 6.45) is 2.50. The van der Waals surface area contributed by atoms with Crippen molar-refractivity contribution in [3.63, 3.8) is 0 Å². The number of carbonyl (C=O) groups excluding carboxylic acids is 1. The lowest BCUT2D eigenvalue weighted by Crippen LogP contribution is -2.14. The van der Waals surface area contributed by atoms with Crippen LogP contribution in [0, 0.1) is 0 Å². The molecular weight excluding hydrogens is 286 g/mol. The summed E-state index contributed by atoms with van der Waals surface area (Å²) in [5, 5.41) is 20.7. The van der Waals surface area contributed by atoms with Crippen LogP contribution in [-0.4, -0.2) is 32.1 Å². The van der Waals surface area contributed by atoms with E-state index in [-0.39, 0.29) is 22.1 Å². The van der Waals surface area contributed by atoms with Crippen molar-refractivity contribution in [2.45, 2.75) is 0 Å². The van der Waals surface area contributed by atoms with Gasteiger partial charge >= 0.3 is 5.97 Å². The molecule has 8 heteroatoms. The van der Waals surface area contributed by atoms with E-state index in [1.165, 1.54) is 24.5 Å².